The van der Waals surface area contributed by atoms with E-state index in [0.29, 0.717) is 32.1 Å². The van der Waals surface area contributed by atoms with Crippen LogP contribution in [0.3, 0.4) is 0 Å². The second kappa shape index (κ2) is 7.96. The molecule has 0 aliphatic carbocycles. The summed E-state index contributed by atoms with van der Waals surface area (Å²) < 4.78 is 37.5. The van der Waals surface area contributed by atoms with Crippen molar-refractivity contribution in [2.45, 2.75) is 37.8 Å². The number of ether oxygens (including phenoxy) is 2. The van der Waals surface area contributed by atoms with Gasteiger partial charge in [0, 0.05) is 19.1 Å². The summed E-state index contributed by atoms with van der Waals surface area (Å²) in [5.41, 5.74) is 0. The van der Waals surface area contributed by atoms with Gasteiger partial charge in [-0.15, -0.1) is 0 Å². The zero-order chi connectivity index (χ0) is 17.7. The molecule has 0 radical (unpaired) electrons. The maximum absolute atomic E-state index is 12.3. The van der Waals surface area contributed by atoms with Crippen molar-refractivity contribution in [3.63, 3.8) is 0 Å². The van der Waals surface area contributed by atoms with Crippen LogP contribution in [0.1, 0.15) is 20.8 Å². The van der Waals surface area contributed by atoms with Crippen LogP contribution in [-0.2, 0) is 19.6 Å². The molecule has 0 unspecified atom stereocenters. The van der Waals surface area contributed by atoms with E-state index in [4.69, 9.17) is 9.47 Å². The second-order valence-corrected chi connectivity index (χ2v) is 7.66. The van der Waals surface area contributed by atoms with Gasteiger partial charge in [0.1, 0.15) is 5.75 Å². The maximum atomic E-state index is 12.3. The quantitative estimate of drug-likeness (QED) is 0.822. The van der Waals surface area contributed by atoms with Gasteiger partial charge in [-0.25, -0.2) is 13.1 Å². The highest BCUT2D eigenvalue weighted by Gasteiger charge is 2.24. The van der Waals surface area contributed by atoms with Crippen LogP contribution in [0.25, 0.3) is 0 Å². The molecular weight excluding hydrogens is 332 g/mol. The summed E-state index contributed by atoms with van der Waals surface area (Å²) in [5.74, 6) is 0.351. The molecule has 24 heavy (non-hydrogen) atoms. The Labute approximate surface area is 143 Å². The van der Waals surface area contributed by atoms with Gasteiger partial charge in [-0.05, 0) is 45.0 Å². The fourth-order valence-corrected chi connectivity index (χ4v) is 3.62. The maximum Gasteiger partial charge on any atom is 0.263 e. The van der Waals surface area contributed by atoms with Crippen molar-refractivity contribution in [3.8, 4) is 5.75 Å². The molecule has 0 spiro atoms. The van der Waals surface area contributed by atoms with E-state index in [9.17, 15) is 13.2 Å². The molecule has 1 N–H and O–H groups in total. The highest BCUT2D eigenvalue weighted by molar-refractivity contribution is 7.89. The van der Waals surface area contributed by atoms with Crippen LogP contribution in [0.15, 0.2) is 29.2 Å². The zero-order valence-corrected chi connectivity index (χ0v) is 15.0. The molecule has 0 aromatic heterocycles. The van der Waals surface area contributed by atoms with Crippen molar-refractivity contribution in [1.29, 1.82) is 0 Å². The Morgan fingerprint density at radius 2 is 1.75 bits per heavy atom. The van der Waals surface area contributed by atoms with Crippen molar-refractivity contribution in [2.24, 2.45) is 0 Å². The first-order valence-electron chi connectivity index (χ1n) is 7.95. The number of nitrogens with zero attached hydrogens (tertiary/aromatic N) is 1. The summed E-state index contributed by atoms with van der Waals surface area (Å²) in [7, 11) is -3.53. The highest BCUT2D eigenvalue weighted by atomic mass is 32.2. The number of hydrogen-bond donors (Lipinski definition) is 1. The predicted octanol–water partition coefficient (Wildman–Crippen LogP) is 0.999. The van der Waals surface area contributed by atoms with Crippen LogP contribution < -0.4 is 9.46 Å². The number of morpholine rings is 1. The molecule has 1 fully saturated rings. The van der Waals surface area contributed by atoms with Crippen molar-refractivity contribution in [2.75, 3.05) is 26.3 Å². The molecule has 1 atom stereocenters. The SMILES string of the molecule is CC(C)NS(=O)(=O)c1ccc(O[C@@H](C)C(=O)N2CCOCC2)cc1. The number of benzene rings is 1. The number of carbonyl (C=O) groups excluding carboxylic acids is 1. The Balaban J connectivity index is 1.99. The summed E-state index contributed by atoms with van der Waals surface area (Å²) in [6.45, 7) is 7.39. The van der Waals surface area contributed by atoms with Crippen molar-refractivity contribution >= 4 is 15.9 Å². The fraction of sp³-hybridized carbons (Fsp3) is 0.562. The van der Waals surface area contributed by atoms with Crippen molar-refractivity contribution in [3.05, 3.63) is 24.3 Å². The normalized spacial score (nSPS) is 16.9. The Morgan fingerprint density at radius 1 is 1.17 bits per heavy atom. The van der Waals surface area contributed by atoms with Gasteiger partial charge in [-0.3, -0.25) is 4.79 Å². The van der Waals surface area contributed by atoms with E-state index in [1.54, 1.807) is 37.8 Å². The van der Waals surface area contributed by atoms with Crippen LogP contribution in [0.2, 0.25) is 0 Å². The average Bonchev–Trinajstić information content (AvgIpc) is 2.54. The molecule has 134 valence electrons. The topological polar surface area (TPSA) is 84.9 Å². The number of sulfonamides is 1. The van der Waals surface area contributed by atoms with Crippen LogP contribution >= 0.6 is 0 Å². The van der Waals surface area contributed by atoms with Crippen LogP contribution in [0, 0.1) is 0 Å². The Hall–Kier alpha value is -1.64. The van der Waals surface area contributed by atoms with Gasteiger partial charge >= 0.3 is 0 Å². The van der Waals surface area contributed by atoms with Gasteiger partial charge in [-0.1, -0.05) is 0 Å². The summed E-state index contributed by atoms with van der Waals surface area (Å²) >= 11 is 0. The number of rotatable bonds is 6. The van der Waals surface area contributed by atoms with Gasteiger partial charge in [0.2, 0.25) is 10.0 Å². The highest BCUT2D eigenvalue weighted by Crippen LogP contribution is 2.18. The van der Waals surface area contributed by atoms with Crippen LogP contribution in [0.5, 0.6) is 5.75 Å². The molecule has 0 bridgehead atoms. The Kier molecular flexibility index (Phi) is 6.20. The van der Waals surface area contributed by atoms with Gasteiger partial charge in [-0.2, -0.15) is 0 Å². The lowest BCUT2D eigenvalue weighted by molar-refractivity contribution is -0.142. The molecule has 2 rings (SSSR count). The van der Waals surface area contributed by atoms with Crippen LogP contribution in [0.4, 0.5) is 0 Å². The molecule has 1 aromatic rings. The molecule has 1 saturated heterocycles. The van der Waals surface area contributed by atoms with Crippen molar-refractivity contribution in [1.82, 2.24) is 9.62 Å². The molecule has 1 aliphatic heterocycles. The largest absolute Gasteiger partial charge is 0.481 e. The van der Waals surface area contributed by atoms with E-state index < -0.39 is 16.1 Å². The minimum Gasteiger partial charge on any atom is -0.481 e. The zero-order valence-electron chi connectivity index (χ0n) is 14.2. The molecule has 8 heteroatoms. The third-order valence-corrected chi connectivity index (χ3v) is 5.18. The number of nitrogens with one attached hydrogen (secondary N) is 1. The first-order valence-corrected chi connectivity index (χ1v) is 9.43. The number of hydrogen-bond acceptors (Lipinski definition) is 5. The third kappa shape index (κ3) is 4.93. The summed E-state index contributed by atoms with van der Waals surface area (Å²) in [6.07, 6.45) is -0.639. The molecule has 7 nitrogen and oxygen atoms in total. The lowest BCUT2D eigenvalue weighted by Gasteiger charge is -2.29. The minimum atomic E-state index is -3.53. The monoisotopic (exact) mass is 356 g/mol. The van der Waals surface area contributed by atoms with Gasteiger partial charge < -0.3 is 14.4 Å². The van der Waals surface area contributed by atoms with Gasteiger partial charge in [0.25, 0.3) is 5.91 Å². The van der Waals surface area contributed by atoms with Gasteiger partial charge in [0.05, 0.1) is 18.1 Å². The predicted molar refractivity (Wildman–Crippen MR) is 89.4 cm³/mol. The molecule has 0 saturated carbocycles. The lowest BCUT2D eigenvalue weighted by atomic mass is 10.3. The average molecular weight is 356 g/mol. The molecule has 1 amide bonds. The molecule has 1 aromatic carbocycles. The smallest absolute Gasteiger partial charge is 0.263 e. The first kappa shape index (κ1) is 18.7. The summed E-state index contributed by atoms with van der Waals surface area (Å²) in [5, 5.41) is 0. The number of amides is 1. The summed E-state index contributed by atoms with van der Waals surface area (Å²) in [4.78, 5) is 14.2. The molecule has 1 heterocycles. The molecular formula is C16H24N2O5S. The van der Waals surface area contributed by atoms with E-state index in [2.05, 4.69) is 4.72 Å². The Morgan fingerprint density at radius 3 is 2.29 bits per heavy atom. The molecule has 1 aliphatic rings. The fourth-order valence-electron chi connectivity index (χ4n) is 2.37. The summed E-state index contributed by atoms with van der Waals surface area (Å²) in [6, 6.07) is 5.85. The van der Waals surface area contributed by atoms with E-state index in [1.165, 1.54) is 12.1 Å². The number of carbonyl (C=O) groups is 1. The van der Waals surface area contributed by atoms with E-state index >= 15 is 0 Å². The van der Waals surface area contributed by atoms with E-state index in [-0.39, 0.29) is 16.8 Å². The van der Waals surface area contributed by atoms with Gasteiger partial charge in [0.15, 0.2) is 6.10 Å². The second-order valence-electron chi connectivity index (χ2n) is 5.95. The standard InChI is InChI=1S/C16H24N2O5S/c1-12(2)17-24(20,21)15-6-4-14(5-7-15)23-13(3)16(19)18-8-10-22-11-9-18/h4-7,12-13,17H,8-11H2,1-3H3/t13-/m0/s1. The Bertz CT molecular complexity index is 652. The third-order valence-electron chi connectivity index (χ3n) is 3.51. The minimum absolute atomic E-state index is 0.100. The van der Waals surface area contributed by atoms with E-state index in [0.717, 1.165) is 0 Å². The van der Waals surface area contributed by atoms with Crippen LogP contribution in [-0.4, -0.2) is 57.7 Å². The van der Waals surface area contributed by atoms with E-state index in [1.807, 2.05) is 0 Å². The first-order chi connectivity index (χ1) is 11.3. The lowest BCUT2D eigenvalue weighted by Crippen LogP contribution is -2.46. The van der Waals surface area contributed by atoms with Crippen molar-refractivity contribution < 1.29 is 22.7 Å².